The van der Waals surface area contributed by atoms with Gasteiger partial charge in [0.1, 0.15) is 0 Å². The van der Waals surface area contributed by atoms with Gasteiger partial charge in [0.05, 0.1) is 5.75 Å². The van der Waals surface area contributed by atoms with Crippen LogP contribution in [0.2, 0.25) is 0 Å². The number of Topliss-reactive ketones (excluding diaryl/α,β-unsaturated/α-hetero) is 1. The summed E-state index contributed by atoms with van der Waals surface area (Å²) in [6.45, 7) is 4.17. The molecule has 0 unspecified atom stereocenters. The van der Waals surface area contributed by atoms with Crippen LogP contribution in [0.25, 0.3) is 0 Å². The van der Waals surface area contributed by atoms with Crippen molar-refractivity contribution in [3.8, 4) is 0 Å². The Morgan fingerprint density at radius 2 is 2.08 bits per heavy atom. The van der Waals surface area contributed by atoms with Gasteiger partial charge in [-0.3, -0.25) is 4.79 Å². The van der Waals surface area contributed by atoms with Gasteiger partial charge in [0.2, 0.25) is 0 Å². The Bertz CT molecular complexity index is 355. The zero-order valence-corrected chi connectivity index (χ0v) is 7.99. The Kier molecular flexibility index (Phi) is 1.72. The molecule has 0 bridgehead atoms. The zero-order valence-electron chi connectivity index (χ0n) is 7.18. The summed E-state index contributed by atoms with van der Waals surface area (Å²) in [5.74, 6) is 0.901. The molecule has 1 aliphatic heterocycles. The molecule has 0 radical (unpaired) electrons. The molecule has 2 heteroatoms. The number of benzene rings is 1. The van der Waals surface area contributed by atoms with Gasteiger partial charge in [-0.05, 0) is 31.0 Å². The maximum Gasteiger partial charge on any atom is 0.174 e. The molecular weight excluding hydrogens is 168 g/mol. The predicted molar refractivity (Wildman–Crippen MR) is 51.0 cm³/mol. The maximum atomic E-state index is 11.3. The minimum atomic E-state index is 0.276. The predicted octanol–water partition coefficient (Wildman–Crippen LogP) is 2.59. The van der Waals surface area contributed by atoms with Crippen molar-refractivity contribution in [2.75, 3.05) is 5.75 Å². The number of aryl methyl sites for hydroxylation is 1. The highest BCUT2D eigenvalue weighted by molar-refractivity contribution is 8.00. The van der Waals surface area contributed by atoms with E-state index in [1.54, 1.807) is 11.8 Å². The van der Waals surface area contributed by atoms with Crippen molar-refractivity contribution < 1.29 is 4.79 Å². The van der Waals surface area contributed by atoms with Gasteiger partial charge in [-0.15, -0.1) is 11.8 Å². The summed E-state index contributed by atoms with van der Waals surface area (Å²) in [6.07, 6.45) is 0. The first-order chi connectivity index (χ1) is 5.70. The summed E-state index contributed by atoms with van der Waals surface area (Å²) < 4.78 is 0. The smallest absolute Gasteiger partial charge is 0.174 e. The van der Waals surface area contributed by atoms with Crippen LogP contribution in [0.1, 0.15) is 21.5 Å². The van der Waals surface area contributed by atoms with E-state index in [4.69, 9.17) is 0 Å². The van der Waals surface area contributed by atoms with Crippen LogP contribution in [0.4, 0.5) is 0 Å². The number of fused-ring (bicyclic) bond motifs is 1. The molecule has 0 spiro atoms. The highest BCUT2D eigenvalue weighted by atomic mass is 32.2. The van der Waals surface area contributed by atoms with Crippen molar-refractivity contribution in [1.29, 1.82) is 0 Å². The number of hydrogen-bond donors (Lipinski definition) is 0. The SMILES string of the molecule is Cc1ccc2c(c1C)SCC2=O. The van der Waals surface area contributed by atoms with Crippen LogP contribution < -0.4 is 0 Å². The van der Waals surface area contributed by atoms with E-state index in [0.29, 0.717) is 5.75 Å². The first kappa shape index (κ1) is 7.87. The molecule has 1 aliphatic rings. The van der Waals surface area contributed by atoms with Gasteiger partial charge in [0, 0.05) is 10.5 Å². The summed E-state index contributed by atoms with van der Waals surface area (Å²) in [6, 6.07) is 3.97. The summed E-state index contributed by atoms with van der Waals surface area (Å²) in [5.41, 5.74) is 3.46. The fourth-order valence-electron chi connectivity index (χ4n) is 1.41. The van der Waals surface area contributed by atoms with E-state index in [0.717, 1.165) is 5.56 Å². The molecule has 0 aromatic heterocycles. The average molecular weight is 178 g/mol. The minimum Gasteiger partial charge on any atom is -0.293 e. The van der Waals surface area contributed by atoms with Crippen LogP contribution in [0.3, 0.4) is 0 Å². The van der Waals surface area contributed by atoms with Gasteiger partial charge in [0.15, 0.2) is 5.78 Å². The molecule has 0 fully saturated rings. The number of thioether (sulfide) groups is 1. The van der Waals surface area contributed by atoms with Crippen LogP contribution >= 0.6 is 11.8 Å². The lowest BCUT2D eigenvalue weighted by molar-refractivity contribution is 0.102. The molecule has 62 valence electrons. The lowest BCUT2D eigenvalue weighted by Crippen LogP contribution is -1.95. The molecule has 1 heterocycles. The second-order valence-corrected chi connectivity index (χ2v) is 4.08. The first-order valence-corrected chi connectivity index (χ1v) is 4.95. The molecule has 1 aromatic carbocycles. The van der Waals surface area contributed by atoms with Crippen molar-refractivity contribution in [2.24, 2.45) is 0 Å². The number of carbonyl (C=O) groups is 1. The van der Waals surface area contributed by atoms with E-state index < -0.39 is 0 Å². The number of rotatable bonds is 0. The van der Waals surface area contributed by atoms with E-state index >= 15 is 0 Å². The Balaban J connectivity index is 2.68. The molecule has 0 amide bonds. The highest BCUT2D eigenvalue weighted by Gasteiger charge is 2.21. The first-order valence-electron chi connectivity index (χ1n) is 3.96. The Labute approximate surface area is 76.2 Å². The van der Waals surface area contributed by atoms with Crippen LogP contribution in [-0.4, -0.2) is 11.5 Å². The fourth-order valence-corrected chi connectivity index (χ4v) is 2.56. The van der Waals surface area contributed by atoms with Gasteiger partial charge < -0.3 is 0 Å². The molecule has 0 saturated heterocycles. The molecule has 2 rings (SSSR count). The second kappa shape index (κ2) is 2.63. The average Bonchev–Trinajstić information content (AvgIpc) is 2.41. The van der Waals surface area contributed by atoms with Crippen molar-refractivity contribution in [2.45, 2.75) is 18.7 Å². The minimum absolute atomic E-state index is 0.276. The summed E-state index contributed by atoms with van der Waals surface area (Å²) in [5, 5.41) is 0. The van der Waals surface area contributed by atoms with E-state index in [9.17, 15) is 4.79 Å². The molecule has 0 saturated carbocycles. The molecule has 0 atom stereocenters. The van der Waals surface area contributed by atoms with Crippen LogP contribution in [0, 0.1) is 13.8 Å². The highest BCUT2D eigenvalue weighted by Crippen LogP contribution is 2.35. The molecule has 0 aliphatic carbocycles. The fraction of sp³-hybridized carbons (Fsp3) is 0.300. The van der Waals surface area contributed by atoms with Crippen molar-refractivity contribution in [1.82, 2.24) is 0 Å². The third kappa shape index (κ3) is 0.985. The topological polar surface area (TPSA) is 17.1 Å². The molecule has 1 nitrogen and oxygen atoms in total. The zero-order chi connectivity index (χ0) is 8.72. The summed E-state index contributed by atoms with van der Waals surface area (Å²) >= 11 is 1.67. The van der Waals surface area contributed by atoms with Gasteiger partial charge >= 0.3 is 0 Å². The molecular formula is C10H10OS. The van der Waals surface area contributed by atoms with Crippen molar-refractivity contribution >= 4 is 17.5 Å². The molecule has 12 heavy (non-hydrogen) atoms. The number of ketones is 1. The lowest BCUT2D eigenvalue weighted by Gasteiger charge is -2.04. The van der Waals surface area contributed by atoms with Gasteiger partial charge in [0.25, 0.3) is 0 Å². The summed E-state index contributed by atoms with van der Waals surface area (Å²) in [7, 11) is 0. The van der Waals surface area contributed by atoms with Crippen molar-refractivity contribution in [3.05, 3.63) is 28.8 Å². The largest absolute Gasteiger partial charge is 0.293 e. The number of hydrogen-bond acceptors (Lipinski definition) is 2. The third-order valence-electron chi connectivity index (χ3n) is 2.32. The monoisotopic (exact) mass is 178 g/mol. The molecule has 0 N–H and O–H groups in total. The molecule has 1 aromatic rings. The van der Waals surface area contributed by atoms with E-state index in [2.05, 4.69) is 13.8 Å². The normalized spacial score (nSPS) is 15.0. The lowest BCUT2D eigenvalue weighted by atomic mass is 10.0. The van der Waals surface area contributed by atoms with Gasteiger partial charge in [-0.25, -0.2) is 0 Å². The van der Waals surface area contributed by atoms with E-state index in [1.165, 1.54) is 16.0 Å². The van der Waals surface area contributed by atoms with Crippen LogP contribution in [0.15, 0.2) is 17.0 Å². The third-order valence-corrected chi connectivity index (χ3v) is 3.55. The van der Waals surface area contributed by atoms with Gasteiger partial charge in [-0.2, -0.15) is 0 Å². The quantitative estimate of drug-likeness (QED) is 0.607. The Morgan fingerprint density at radius 3 is 2.83 bits per heavy atom. The van der Waals surface area contributed by atoms with E-state index in [1.807, 2.05) is 12.1 Å². The maximum absolute atomic E-state index is 11.3. The standard InChI is InChI=1S/C10H10OS/c1-6-3-4-8-9(11)5-12-10(8)7(6)2/h3-4H,5H2,1-2H3. The van der Waals surface area contributed by atoms with Gasteiger partial charge in [-0.1, -0.05) is 6.07 Å². The van der Waals surface area contributed by atoms with Crippen molar-refractivity contribution in [3.63, 3.8) is 0 Å². The van der Waals surface area contributed by atoms with Crippen LogP contribution in [0.5, 0.6) is 0 Å². The Hall–Kier alpha value is -0.760. The van der Waals surface area contributed by atoms with Crippen LogP contribution in [-0.2, 0) is 0 Å². The number of carbonyl (C=O) groups excluding carboxylic acids is 1. The summed E-state index contributed by atoms with van der Waals surface area (Å²) in [4.78, 5) is 12.5. The van der Waals surface area contributed by atoms with E-state index in [-0.39, 0.29) is 5.78 Å². The second-order valence-electron chi connectivity index (χ2n) is 3.10. The Morgan fingerprint density at radius 1 is 1.33 bits per heavy atom.